The second kappa shape index (κ2) is 8.12. The van der Waals surface area contributed by atoms with Crippen molar-refractivity contribution in [2.45, 2.75) is 32.6 Å². The maximum atomic E-state index is 13.0. The number of amides is 1. The first-order chi connectivity index (χ1) is 14.0. The van der Waals surface area contributed by atoms with Gasteiger partial charge in [0.1, 0.15) is 18.0 Å². The number of morpholine rings is 1. The van der Waals surface area contributed by atoms with Crippen molar-refractivity contribution >= 4 is 22.8 Å². The van der Waals surface area contributed by atoms with Crippen molar-refractivity contribution < 1.29 is 13.9 Å². The summed E-state index contributed by atoms with van der Waals surface area (Å²) in [7, 11) is 0. The summed E-state index contributed by atoms with van der Waals surface area (Å²) in [6, 6.07) is 5.44. The van der Waals surface area contributed by atoms with E-state index >= 15 is 0 Å². The zero-order valence-electron chi connectivity index (χ0n) is 16.4. The van der Waals surface area contributed by atoms with Gasteiger partial charge in [-0.25, -0.2) is 19.0 Å². The van der Waals surface area contributed by atoms with E-state index in [-0.39, 0.29) is 23.9 Å². The molecule has 2 atom stereocenters. The van der Waals surface area contributed by atoms with E-state index in [2.05, 4.69) is 25.3 Å². The van der Waals surface area contributed by atoms with Crippen LogP contribution in [0.4, 0.5) is 10.2 Å². The van der Waals surface area contributed by atoms with Gasteiger partial charge in [0.25, 0.3) is 5.91 Å². The Morgan fingerprint density at radius 3 is 2.66 bits per heavy atom. The Morgan fingerprint density at radius 2 is 1.93 bits per heavy atom. The number of hydrogen-bond donors (Lipinski definition) is 1. The summed E-state index contributed by atoms with van der Waals surface area (Å²) >= 11 is 0. The molecule has 1 aliphatic heterocycles. The van der Waals surface area contributed by atoms with E-state index in [1.54, 1.807) is 10.9 Å². The number of hydrogen-bond acceptors (Lipinski definition) is 6. The number of carbonyl (C=O) groups is 1. The van der Waals surface area contributed by atoms with Crippen LogP contribution in [0.3, 0.4) is 0 Å². The summed E-state index contributed by atoms with van der Waals surface area (Å²) in [5.41, 5.74) is 1.13. The molecule has 2 aromatic heterocycles. The Hall–Kier alpha value is -3.07. The van der Waals surface area contributed by atoms with Crippen LogP contribution in [-0.4, -0.2) is 57.5 Å². The number of halogens is 1. The minimum Gasteiger partial charge on any atom is -0.372 e. The molecule has 1 saturated heterocycles. The number of aromatic nitrogens is 4. The van der Waals surface area contributed by atoms with Gasteiger partial charge in [0.2, 0.25) is 0 Å². The molecule has 2 unspecified atom stereocenters. The number of nitrogens with one attached hydrogen (secondary N) is 1. The van der Waals surface area contributed by atoms with Crippen molar-refractivity contribution in [3.05, 3.63) is 48.2 Å². The molecular formula is C20H23FN6O2. The average molecular weight is 398 g/mol. The van der Waals surface area contributed by atoms with Gasteiger partial charge in [0, 0.05) is 25.2 Å². The molecule has 0 aliphatic carbocycles. The van der Waals surface area contributed by atoms with Crippen molar-refractivity contribution in [2.75, 3.05) is 24.5 Å². The molecule has 29 heavy (non-hydrogen) atoms. The number of benzene rings is 1. The Labute approximate surface area is 167 Å². The number of fused-ring (bicyclic) bond motifs is 1. The monoisotopic (exact) mass is 398 g/mol. The maximum absolute atomic E-state index is 13.0. The highest BCUT2D eigenvalue weighted by Crippen LogP contribution is 2.25. The third-order valence-electron chi connectivity index (χ3n) is 4.85. The van der Waals surface area contributed by atoms with Crippen LogP contribution in [0.1, 0.15) is 24.2 Å². The number of rotatable bonds is 5. The van der Waals surface area contributed by atoms with Crippen LogP contribution >= 0.6 is 0 Å². The minimum atomic E-state index is -0.371. The van der Waals surface area contributed by atoms with Crippen LogP contribution in [0, 0.1) is 5.82 Å². The molecule has 1 aliphatic rings. The van der Waals surface area contributed by atoms with E-state index in [0.29, 0.717) is 18.7 Å². The lowest BCUT2D eigenvalue weighted by Crippen LogP contribution is -2.45. The SMILES string of the molecule is CC1CN(c2ncnc3c2cnn3CCNC(=O)c2ccc(F)cc2)CC(C)O1. The van der Waals surface area contributed by atoms with Crippen molar-refractivity contribution in [3.8, 4) is 0 Å². The van der Waals surface area contributed by atoms with E-state index in [1.807, 2.05) is 13.8 Å². The quantitative estimate of drug-likeness (QED) is 0.708. The summed E-state index contributed by atoms with van der Waals surface area (Å²) in [4.78, 5) is 23.2. The van der Waals surface area contributed by atoms with Gasteiger partial charge in [-0.3, -0.25) is 4.79 Å². The van der Waals surface area contributed by atoms with Gasteiger partial charge in [-0.2, -0.15) is 5.10 Å². The average Bonchev–Trinajstić information content (AvgIpc) is 3.11. The van der Waals surface area contributed by atoms with Crippen molar-refractivity contribution in [3.63, 3.8) is 0 Å². The van der Waals surface area contributed by atoms with E-state index in [1.165, 1.54) is 30.6 Å². The topological polar surface area (TPSA) is 85.2 Å². The second-order valence-corrected chi connectivity index (χ2v) is 7.23. The van der Waals surface area contributed by atoms with Crippen LogP contribution in [0.2, 0.25) is 0 Å². The van der Waals surface area contributed by atoms with E-state index < -0.39 is 0 Å². The van der Waals surface area contributed by atoms with Crippen LogP contribution in [0.15, 0.2) is 36.8 Å². The Kier molecular flexibility index (Phi) is 5.39. The molecule has 0 saturated carbocycles. The molecule has 4 rings (SSSR count). The minimum absolute atomic E-state index is 0.125. The number of anilines is 1. The molecule has 0 spiro atoms. The number of carbonyl (C=O) groups excluding carboxylic acids is 1. The molecule has 9 heteroatoms. The highest BCUT2D eigenvalue weighted by molar-refractivity contribution is 5.94. The van der Waals surface area contributed by atoms with Gasteiger partial charge >= 0.3 is 0 Å². The number of ether oxygens (including phenoxy) is 1. The first-order valence-electron chi connectivity index (χ1n) is 9.62. The summed E-state index contributed by atoms with van der Waals surface area (Å²) < 4.78 is 20.5. The van der Waals surface area contributed by atoms with Gasteiger partial charge in [0.15, 0.2) is 5.65 Å². The highest BCUT2D eigenvalue weighted by Gasteiger charge is 2.25. The lowest BCUT2D eigenvalue weighted by atomic mass is 10.2. The first kappa shape index (κ1) is 19.3. The predicted octanol–water partition coefficient (Wildman–Crippen LogP) is 2.01. The Morgan fingerprint density at radius 1 is 1.21 bits per heavy atom. The fourth-order valence-corrected chi connectivity index (χ4v) is 3.63. The molecule has 1 fully saturated rings. The molecule has 1 N–H and O–H groups in total. The van der Waals surface area contributed by atoms with E-state index in [0.717, 1.165) is 29.9 Å². The highest BCUT2D eigenvalue weighted by atomic mass is 19.1. The molecule has 1 aromatic carbocycles. The van der Waals surface area contributed by atoms with Crippen molar-refractivity contribution in [2.24, 2.45) is 0 Å². The van der Waals surface area contributed by atoms with Crippen molar-refractivity contribution in [1.82, 2.24) is 25.1 Å². The molecule has 8 nitrogen and oxygen atoms in total. The van der Waals surface area contributed by atoms with Crippen LogP contribution < -0.4 is 10.2 Å². The van der Waals surface area contributed by atoms with E-state index in [4.69, 9.17) is 4.74 Å². The molecule has 0 bridgehead atoms. The lowest BCUT2D eigenvalue weighted by Gasteiger charge is -2.36. The normalized spacial score (nSPS) is 19.5. The van der Waals surface area contributed by atoms with Crippen LogP contribution in [0.5, 0.6) is 0 Å². The Bertz CT molecular complexity index is 996. The van der Waals surface area contributed by atoms with Crippen molar-refractivity contribution in [1.29, 1.82) is 0 Å². The van der Waals surface area contributed by atoms with Gasteiger partial charge in [-0.05, 0) is 38.1 Å². The van der Waals surface area contributed by atoms with Crippen LogP contribution in [-0.2, 0) is 11.3 Å². The maximum Gasteiger partial charge on any atom is 0.251 e. The van der Waals surface area contributed by atoms with Gasteiger partial charge in [0.05, 0.1) is 30.3 Å². The molecule has 1 amide bonds. The largest absolute Gasteiger partial charge is 0.372 e. The fourth-order valence-electron chi connectivity index (χ4n) is 3.63. The van der Waals surface area contributed by atoms with Gasteiger partial charge < -0.3 is 15.0 Å². The summed E-state index contributed by atoms with van der Waals surface area (Å²) in [6.07, 6.45) is 3.55. The zero-order valence-corrected chi connectivity index (χ0v) is 16.4. The molecule has 3 heterocycles. The Balaban J connectivity index is 1.45. The fraction of sp³-hybridized carbons (Fsp3) is 0.400. The van der Waals surface area contributed by atoms with Gasteiger partial charge in [-0.15, -0.1) is 0 Å². The van der Waals surface area contributed by atoms with E-state index in [9.17, 15) is 9.18 Å². The lowest BCUT2D eigenvalue weighted by molar-refractivity contribution is -0.00537. The third kappa shape index (κ3) is 4.19. The number of nitrogens with zero attached hydrogens (tertiary/aromatic N) is 5. The summed E-state index contributed by atoms with van der Waals surface area (Å²) in [5, 5.41) is 8.12. The van der Waals surface area contributed by atoms with Gasteiger partial charge in [-0.1, -0.05) is 0 Å². The summed E-state index contributed by atoms with van der Waals surface area (Å²) in [5.74, 6) is 0.218. The molecule has 3 aromatic rings. The molecular weight excluding hydrogens is 375 g/mol. The standard InChI is InChI=1S/C20H23FN6O2/c1-13-10-26(11-14(2)29-13)18-17-9-25-27(19(17)24-12-23-18)8-7-22-20(28)15-3-5-16(21)6-4-15/h3-6,9,12-14H,7-8,10-11H2,1-2H3,(H,22,28). The molecule has 152 valence electrons. The smallest absolute Gasteiger partial charge is 0.251 e. The first-order valence-corrected chi connectivity index (χ1v) is 9.62. The second-order valence-electron chi connectivity index (χ2n) is 7.23. The summed E-state index contributed by atoms with van der Waals surface area (Å²) in [6.45, 7) is 6.45. The third-order valence-corrected chi connectivity index (χ3v) is 4.85. The van der Waals surface area contributed by atoms with Crippen LogP contribution in [0.25, 0.3) is 11.0 Å². The predicted molar refractivity (Wildman–Crippen MR) is 106 cm³/mol. The zero-order chi connectivity index (χ0) is 20.4. The molecule has 0 radical (unpaired) electrons.